The van der Waals surface area contributed by atoms with Gasteiger partial charge in [-0.1, -0.05) is 304 Å². The molecule has 0 spiro atoms. The Labute approximate surface area is 382 Å². The minimum absolute atomic E-state index is 0. The van der Waals surface area contributed by atoms with E-state index >= 15 is 0 Å². The van der Waals surface area contributed by atoms with E-state index in [1.165, 1.54) is 231 Å². The number of rotatable bonds is 45. The zero-order valence-electron chi connectivity index (χ0n) is 39.1. The second-order valence-electron chi connectivity index (χ2n) is 16.8. The summed E-state index contributed by atoms with van der Waals surface area (Å²) in [6, 6.07) is 0. The van der Waals surface area contributed by atoms with Crippen LogP contribution in [0.2, 0.25) is 0 Å². The van der Waals surface area contributed by atoms with Crippen molar-refractivity contribution in [3.63, 3.8) is 0 Å². The van der Waals surface area contributed by atoms with Crippen molar-refractivity contribution in [3.05, 3.63) is 0 Å². The number of hydrogen-bond acceptors (Lipinski definition) is 6. The van der Waals surface area contributed by atoms with Crippen LogP contribution in [0.5, 0.6) is 0 Å². The molecule has 0 aliphatic rings. The van der Waals surface area contributed by atoms with E-state index in [1.807, 2.05) is 0 Å². The van der Waals surface area contributed by atoms with Gasteiger partial charge in [0, 0.05) is 17.3 Å². The van der Waals surface area contributed by atoms with Crippen LogP contribution in [0.4, 0.5) is 0 Å². The Hall–Kier alpha value is 0.862. The summed E-state index contributed by atoms with van der Waals surface area (Å²) in [6.45, 7) is 6.79. The Morgan fingerprint density at radius 3 is 0.431 bits per heavy atom. The summed E-state index contributed by atoms with van der Waals surface area (Å²) in [5, 5.41) is 0. The molecule has 58 heavy (non-hydrogen) atoms. The van der Waals surface area contributed by atoms with E-state index in [1.54, 1.807) is 0 Å². The van der Waals surface area contributed by atoms with Gasteiger partial charge in [-0.25, -0.2) is 0 Å². The SMILES string of the molecule is CCCCCCCCCCCCCCCCS(=O)[O-].CCCCCCCCCCCCCCCCS(=O)[O-].CCCCCCCCCCCCCCCCS(=O)[O-].[Al+3]. The zero-order chi connectivity index (χ0) is 42.6. The van der Waals surface area contributed by atoms with Crippen LogP contribution >= 0.6 is 0 Å². The molecule has 0 rings (SSSR count). The van der Waals surface area contributed by atoms with E-state index in [0.29, 0.717) is 17.3 Å². The van der Waals surface area contributed by atoms with Gasteiger partial charge in [0.1, 0.15) is 0 Å². The second-order valence-corrected chi connectivity index (χ2v) is 19.9. The molecule has 0 heterocycles. The summed E-state index contributed by atoms with van der Waals surface area (Å²) in [5.74, 6) is 1.04. The van der Waals surface area contributed by atoms with E-state index < -0.39 is 33.2 Å². The Bertz CT molecular complexity index is 693. The van der Waals surface area contributed by atoms with Crippen molar-refractivity contribution < 1.29 is 26.3 Å². The normalized spacial score (nSPS) is 12.5. The van der Waals surface area contributed by atoms with E-state index in [0.717, 1.165) is 38.5 Å². The van der Waals surface area contributed by atoms with Crippen LogP contribution in [-0.4, -0.2) is 60.9 Å². The van der Waals surface area contributed by atoms with Gasteiger partial charge in [0.2, 0.25) is 0 Å². The first-order valence-electron chi connectivity index (χ1n) is 25.0. The molecule has 3 atom stereocenters. The van der Waals surface area contributed by atoms with Gasteiger partial charge in [-0.2, -0.15) is 0 Å². The number of hydrogen-bond donors (Lipinski definition) is 0. The summed E-state index contributed by atoms with van der Waals surface area (Å²) >= 11 is -5.50. The van der Waals surface area contributed by atoms with E-state index in [9.17, 15) is 26.3 Å². The van der Waals surface area contributed by atoms with Gasteiger partial charge >= 0.3 is 17.4 Å². The van der Waals surface area contributed by atoms with Crippen LogP contribution in [0, 0.1) is 0 Å². The molecule has 0 aromatic rings. The van der Waals surface area contributed by atoms with Crippen LogP contribution in [0.1, 0.15) is 290 Å². The van der Waals surface area contributed by atoms with Gasteiger partial charge in [-0.3, -0.25) is 12.6 Å². The van der Waals surface area contributed by atoms with Crippen molar-refractivity contribution in [3.8, 4) is 0 Å². The third-order valence-corrected chi connectivity index (χ3v) is 12.9. The average molecular weight is 895 g/mol. The van der Waals surface area contributed by atoms with Crippen molar-refractivity contribution in [2.24, 2.45) is 0 Å². The second kappa shape index (κ2) is 62.2. The molecule has 10 heteroatoms. The van der Waals surface area contributed by atoms with Gasteiger partial charge in [0.15, 0.2) is 0 Å². The minimum Gasteiger partial charge on any atom is -0.772 e. The number of unbranched alkanes of at least 4 members (excludes halogenated alkanes) is 39. The van der Waals surface area contributed by atoms with Gasteiger partial charge in [-0.05, 0) is 19.3 Å². The average Bonchev–Trinajstić information content (AvgIpc) is 3.18. The molecular weight excluding hydrogens is 796 g/mol. The van der Waals surface area contributed by atoms with Crippen molar-refractivity contribution in [2.75, 3.05) is 17.3 Å². The molecule has 348 valence electrons. The topological polar surface area (TPSA) is 120 Å². The maximum atomic E-state index is 10.3. The molecule has 0 aromatic heterocycles. The summed E-state index contributed by atoms with van der Waals surface area (Å²) < 4.78 is 61.9. The summed E-state index contributed by atoms with van der Waals surface area (Å²) in [6.07, 6.45) is 54.9. The van der Waals surface area contributed by atoms with Crippen LogP contribution in [0.25, 0.3) is 0 Å². The standard InChI is InChI=1S/3C16H34O2S.Al/c3*1-2-3-4-5-6-7-8-9-10-11-12-13-14-15-16-19(17)18;/h3*2-16H2,1H3,(H,17,18);/q;;;+3/p-3. The summed E-state index contributed by atoms with van der Waals surface area (Å²) in [5.41, 5.74) is 0. The minimum atomic E-state index is -1.83. The largest absolute Gasteiger partial charge is 3.00 e. The zero-order valence-corrected chi connectivity index (χ0v) is 42.7. The molecule has 0 amide bonds. The molecule has 0 bridgehead atoms. The molecular formula is C48H99AlO6S3. The fourth-order valence-corrected chi connectivity index (χ4v) is 8.56. The van der Waals surface area contributed by atoms with Gasteiger partial charge in [0.25, 0.3) is 0 Å². The molecule has 0 aromatic carbocycles. The Morgan fingerprint density at radius 1 is 0.224 bits per heavy atom. The van der Waals surface area contributed by atoms with Crippen molar-refractivity contribution in [2.45, 2.75) is 290 Å². The smallest absolute Gasteiger partial charge is 0.772 e. The Morgan fingerprint density at radius 2 is 0.328 bits per heavy atom. The molecule has 0 fully saturated rings. The third kappa shape index (κ3) is 74.3. The first-order valence-corrected chi connectivity index (χ1v) is 28.7. The van der Waals surface area contributed by atoms with Crippen LogP contribution in [-0.2, 0) is 33.2 Å². The molecule has 6 nitrogen and oxygen atoms in total. The van der Waals surface area contributed by atoms with E-state index in [2.05, 4.69) is 20.8 Å². The quantitative estimate of drug-likeness (QED) is 0.0341. The van der Waals surface area contributed by atoms with Crippen molar-refractivity contribution in [1.82, 2.24) is 0 Å². The predicted molar refractivity (Wildman–Crippen MR) is 258 cm³/mol. The molecule has 0 saturated carbocycles. The Balaban J connectivity index is -0.000000374. The molecule has 0 radical (unpaired) electrons. The van der Waals surface area contributed by atoms with E-state index in [-0.39, 0.29) is 17.4 Å². The molecule has 0 aliphatic heterocycles. The molecule has 0 aliphatic carbocycles. The van der Waals surface area contributed by atoms with Crippen LogP contribution < -0.4 is 0 Å². The van der Waals surface area contributed by atoms with Crippen LogP contribution in [0.3, 0.4) is 0 Å². The van der Waals surface area contributed by atoms with Gasteiger partial charge < -0.3 is 13.7 Å². The third-order valence-electron chi connectivity index (χ3n) is 11.0. The maximum Gasteiger partial charge on any atom is 3.00 e. The summed E-state index contributed by atoms with van der Waals surface area (Å²) in [7, 11) is 0. The van der Waals surface area contributed by atoms with Crippen molar-refractivity contribution >= 4 is 50.6 Å². The van der Waals surface area contributed by atoms with Gasteiger partial charge in [0.05, 0.1) is 0 Å². The molecule has 0 N–H and O–H groups in total. The first-order chi connectivity index (χ1) is 27.8. The predicted octanol–water partition coefficient (Wildman–Crippen LogP) is 15.7. The van der Waals surface area contributed by atoms with Crippen LogP contribution in [0.15, 0.2) is 0 Å². The molecule has 0 saturated heterocycles. The fraction of sp³-hybridized carbons (Fsp3) is 1.00. The fourth-order valence-electron chi connectivity index (χ4n) is 7.24. The monoisotopic (exact) mass is 895 g/mol. The van der Waals surface area contributed by atoms with E-state index in [4.69, 9.17) is 0 Å². The maximum absolute atomic E-state index is 10.3. The van der Waals surface area contributed by atoms with Gasteiger partial charge in [-0.15, -0.1) is 0 Å². The van der Waals surface area contributed by atoms with Crippen molar-refractivity contribution in [1.29, 1.82) is 0 Å². The first kappa shape index (κ1) is 65.5. The Kier molecular flexibility index (Phi) is 70.2. The summed E-state index contributed by atoms with van der Waals surface area (Å²) in [4.78, 5) is 0. The molecule has 3 unspecified atom stereocenters.